The maximum Gasteiger partial charge on any atom is 0.309 e. The number of hydrogen-bond acceptors (Lipinski definition) is 5. The molecule has 0 N–H and O–H groups in total. The fourth-order valence-corrected chi connectivity index (χ4v) is 5.12. The highest BCUT2D eigenvalue weighted by Gasteiger charge is 2.33. The summed E-state index contributed by atoms with van der Waals surface area (Å²) in [5, 5.41) is 0. The van der Waals surface area contributed by atoms with Crippen molar-refractivity contribution in [2.45, 2.75) is 57.8 Å². The molecule has 2 rings (SSSR count). The molecule has 1 amide bonds. The fourth-order valence-electron chi connectivity index (χ4n) is 3.65. The monoisotopic (exact) mass is 464 g/mol. The summed E-state index contributed by atoms with van der Waals surface area (Å²) in [5.41, 5.74) is 1.87. The molecule has 0 aromatic heterocycles. The molecule has 0 unspecified atom stereocenters. The van der Waals surface area contributed by atoms with Gasteiger partial charge in [0.15, 0.2) is 6.61 Å². The Morgan fingerprint density at radius 1 is 1.16 bits per heavy atom. The van der Waals surface area contributed by atoms with Crippen LogP contribution in [0, 0.1) is 5.92 Å². The van der Waals surface area contributed by atoms with E-state index in [-0.39, 0.29) is 35.9 Å². The number of benzene rings is 1. The number of rotatable bonds is 8. The van der Waals surface area contributed by atoms with Gasteiger partial charge in [-0.2, -0.15) is 4.31 Å². The van der Waals surface area contributed by atoms with Crippen molar-refractivity contribution in [3.63, 3.8) is 0 Å². The van der Waals surface area contributed by atoms with Crippen molar-refractivity contribution in [2.75, 3.05) is 32.8 Å². The largest absolute Gasteiger partial charge is 0.455 e. The zero-order valence-corrected chi connectivity index (χ0v) is 20.7. The van der Waals surface area contributed by atoms with Crippen molar-refractivity contribution < 1.29 is 22.7 Å². The third-order valence-electron chi connectivity index (χ3n) is 5.68. The molecule has 0 spiro atoms. The van der Waals surface area contributed by atoms with Crippen LogP contribution >= 0.6 is 0 Å². The number of nitrogens with zero attached hydrogens (tertiary/aromatic N) is 2. The van der Waals surface area contributed by atoms with E-state index in [1.54, 1.807) is 17.0 Å². The first kappa shape index (κ1) is 26.1. The molecule has 1 fully saturated rings. The Kier molecular flexibility index (Phi) is 8.65. The third-order valence-corrected chi connectivity index (χ3v) is 7.59. The van der Waals surface area contributed by atoms with E-state index in [0.717, 1.165) is 11.1 Å². The zero-order valence-electron chi connectivity index (χ0n) is 19.9. The predicted octanol–water partition coefficient (Wildman–Crippen LogP) is 3.35. The number of hydrogen-bond donors (Lipinski definition) is 0. The third kappa shape index (κ3) is 6.65. The van der Waals surface area contributed by atoms with Gasteiger partial charge in [-0.05, 0) is 49.8 Å². The normalized spacial score (nSPS) is 15.9. The Bertz CT molecular complexity index is 924. The van der Waals surface area contributed by atoms with Crippen LogP contribution < -0.4 is 0 Å². The number of amides is 1. The summed E-state index contributed by atoms with van der Waals surface area (Å²) in [6.07, 6.45) is 0.741. The summed E-state index contributed by atoms with van der Waals surface area (Å²) in [6, 6.07) is 6.99. The fraction of sp³-hybridized carbons (Fsp3) is 0.583. The number of sulfonamides is 1. The van der Waals surface area contributed by atoms with E-state index < -0.39 is 21.9 Å². The first-order valence-corrected chi connectivity index (χ1v) is 12.5. The van der Waals surface area contributed by atoms with Gasteiger partial charge in [-0.3, -0.25) is 9.59 Å². The molecule has 7 nitrogen and oxygen atoms in total. The number of carbonyl (C=O) groups excluding carboxylic acids is 2. The van der Waals surface area contributed by atoms with E-state index in [9.17, 15) is 18.0 Å². The van der Waals surface area contributed by atoms with Crippen molar-refractivity contribution in [3.05, 3.63) is 42.0 Å². The minimum absolute atomic E-state index is 0.0545. The Hall–Kier alpha value is -2.19. The van der Waals surface area contributed by atoms with Gasteiger partial charge >= 0.3 is 5.97 Å². The highest BCUT2D eigenvalue weighted by Crippen LogP contribution is 2.27. The molecule has 8 heteroatoms. The summed E-state index contributed by atoms with van der Waals surface area (Å²) < 4.78 is 32.6. The maximum atomic E-state index is 13.0. The van der Waals surface area contributed by atoms with E-state index in [1.807, 2.05) is 26.0 Å². The second-order valence-corrected chi connectivity index (χ2v) is 11.4. The van der Waals surface area contributed by atoms with E-state index >= 15 is 0 Å². The van der Waals surface area contributed by atoms with Gasteiger partial charge in [0, 0.05) is 26.2 Å². The van der Waals surface area contributed by atoms with E-state index in [0.29, 0.717) is 25.9 Å². The molecule has 1 aromatic carbocycles. The lowest BCUT2D eigenvalue weighted by atomic mass is 9.87. The minimum Gasteiger partial charge on any atom is -0.455 e. The highest BCUT2D eigenvalue weighted by atomic mass is 32.2. The van der Waals surface area contributed by atoms with Gasteiger partial charge in [-0.15, -0.1) is 0 Å². The second-order valence-electron chi connectivity index (χ2n) is 9.43. The van der Waals surface area contributed by atoms with Crippen LogP contribution in [0.2, 0.25) is 0 Å². The lowest BCUT2D eigenvalue weighted by molar-refractivity contribution is -0.156. The molecular weight excluding hydrogens is 428 g/mol. The van der Waals surface area contributed by atoms with Gasteiger partial charge in [-0.25, -0.2) is 8.42 Å². The first-order chi connectivity index (χ1) is 14.9. The SMILES string of the molecule is C=C(C)CN(CC)C(=O)COC(=O)C1CCN(S(=O)(=O)c2ccc(C(C)(C)C)cc2)CC1. The van der Waals surface area contributed by atoms with Crippen molar-refractivity contribution in [1.82, 2.24) is 9.21 Å². The van der Waals surface area contributed by atoms with Crippen LogP contribution in [-0.4, -0.2) is 62.3 Å². The standard InChI is InChI=1S/C24H36N2O5S/c1-7-25(16-18(2)3)22(27)17-31-23(28)19-12-14-26(15-13-19)32(29,30)21-10-8-20(9-11-21)24(4,5)6/h8-11,19H,2,7,12-17H2,1,3-6H3. The molecule has 1 aliphatic heterocycles. The van der Waals surface area contributed by atoms with Crippen molar-refractivity contribution >= 4 is 21.9 Å². The number of esters is 1. The number of likely N-dealkylation sites (N-methyl/N-ethyl adjacent to an activating group) is 1. The van der Waals surface area contributed by atoms with Gasteiger partial charge in [0.2, 0.25) is 10.0 Å². The van der Waals surface area contributed by atoms with E-state index in [4.69, 9.17) is 4.74 Å². The Labute approximate surface area is 192 Å². The van der Waals surface area contributed by atoms with Crippen molar-refractivity contribution in [2.24, 2.45) is 5.92 Å². The predicted molar refractivity (Wildman–Crippen MR) is 125 cm³/mol. The lowest BCUT2D eigenvalue weighted by Crippen LogP contribution is -2.41. The minimum atomic E-state index is -3.61. The summed E-state index contributed by atoms with van der Waals surface area (Å²) >= 11 is 0. The molecule has 0 saturated carbocycles. The van der Waals surface area contributed by atoms with Gasteiger partial charge in [-0.1, -0.05) is 45.1 Å². The number of ether oxygens (including phenoxy) is 1. The second kappa shape index (κ2) is 10.6. The average Bonchev–Trinajstić information content (AvgIpc) is 2.75. The molecule has 0 aliphatic carbocycles. The molecule has 1 heterocycles. The molecule has 0 atom stereocenters. The summed E-state index contributed by atoms with van der Waals surface area (Å²) in [5.74, 6) is -1.12. The van der Waals surface area contributed by atoms with Gasteiger partial charge in [0.25, 0.3) is 5.91 Å². The van der Waals surface area contributed by atoms with Crippen LogP contribution in [0.3, 0.4) is 0 Å². The van der Waals surface area contributed by atoms with Crippen LogP contribution in [0.1, 0.15) is 53.0 Å². The Morgan fingerprint density at radius 3 is 2.19 bits per heavy atom. The Balaban J connectivity index is 1.91. The molecule has 0 bridgehead atoms. The van der Waals surface area contributed by atoms with Crippen molar-refractivity contribution in [1.29, 1.82) is 0 Å². The smallest absolute Gasteiger partial charge is 0.309 e. The van der Waals surface area contributed by atoms with Gasteiger partial charge in [0.05, 0.1) is 10.8 Å². The summed E-state index contributed by atoms with van der Waals surface area (Å²) in [6.45, 7) is 14.8. The van der Waals surface area contributed by atoms with Crippen molar-refractivity contribution in [3.8, 4) is 0 Å². The average molecular weight is 465 g/mol. The molecule has 1 aromatic rings. The van der Waals surface area contributed by atoms with Crippen LogP contribution in [-0.2, 0) is 29.8 Å². The molecule has 0 radical (unpaired) electrons. The highest BCUT2D eigenvalue weighted by molar-refractivity contribution is 7.89. The first-order valence-electron chi connectivity index (χ1n) is 11.1. The number of carbonyl (C=O) groups is 2. The maximum absolute atomic E-state index is 13.0. The number of piperidine rings is 1. The molecular formula is C24H36N2O5S. The Morgan fingerprint density at radius 2 is 1.72 bits per heavy atom. The van der Waals surface area contributed by atoms with Gasteiger partial charge in [0.1, 0.15) is 0 Å². The zero-order chi connectivity index (χ0) is 24.1. The molecule has 178 valence electrons. The summed E-state index contributed by atoms with van der Waals surface area (Å²) in [7, 11) is -3.61. The quantitative estimate of drug-likeness (QED) is 0.435. The van der Waals surface area contributed by atoms with E-state index in [2.05, 4.69) is 27.4 Å². The molecule has 1 aliphatic rings. The van der Waals surface area contributed by atoms with E-state index in [1.165, 1.54) is 4.31 Å². The lowest BCUT2D eigenvalue weighted by Gasteiger charge is -2.30. The molecule has 1 saturated heterocycles. The topological polar surface area (TPSA) is 84.0 Å². The van der Waals surface area contributed by atoms with Crippen LogP contribution in [0.5, 0.6) is 0 Å². The summed E-state index contributed by atoms with van der Waals surface area (Å²) in [4.78, 5) is 26.5. The van der Waals surface area contributed by atoms with Gasteiger partial charge < -0.3 is 9.64 Å². The molecule has 32 heavy (non-hydrogen) atoms. The van der Waals surface area contributed by atoms with Crippen LogP contribution in [0.25, 0.3) is 0 Å². The van der Waals surface area contributed by atoms with Crippen LogP contribution in [0.15, 0.2) is 41.3 Å². The van der Waals surface area contributed by atoms with Crippen LogP contribution in [0.4, 0.5) is 0 Å².